The summed E-state index contributed by atoms with van der Waals surface area (Å²) >= 11 is 0. The van der Waals surface area contributed by atoms with Crippen LogP contribution in [0, 0.1) is 6.92 Å². The molecule has 0 amide bonds. The van der Waals surface area contributed by atoms with Crippen LogP contribution in [-0.2, 0) is 10.0 Å². The Bertz CT molecular complexity index is 924. The van der Waals surface area contributed by atoms with Crippen LogP contribution in [-0.4, -0.2) is 13.4 Å². The second-order valence-electron chi connectivity index (χ2n) is 5.35. The van der Waals surface area contributed by atoms with Gasteiger partial charge in [0.2, 0.25) is 0 Å². The maximum Gasteiger partial charge on any atom is 0.263 e. The lowest BCUT2D eigenvalue weighted by molar-refractivity contribution is 0.601. The Hall–Kier alpha value is -2.86. The molecule has 2 aromatic carbocycles. The minimum atomic E-state index is -3.64. The molecular formula is C18H17N3O2S. The highest BCUT2D eigenvalue weighted by atomic mass is 32.2. The Morgan fingerprint density at radius 3 is 2.33 bits per heavy atom. The fourth-order valence-electron chi connectivity index (χ4n) is 2.20. The summed E-state index contributed by atoms with van der Waals surface area (Å²) in [5.41, 5.74) is 2.60. The smallest absolute Gasteiger partial charge is 0.263 e. The molecule has 0 bridgehead atoms. The van der Waals surface area contributed by atoms with Gasteiger partial charge in [-0.05, 0) is 48.9 Å². The number of aryl methyl sites for hydroxylation is 1. The maximum absolute atomic E-state index is 12.4. The molecule has 1 aromatic heterocycles. The van der Waals surface area contributed by atoms with Crippen LogP contribution in [0.3, 0.4) is 0 Å². The van der Waals surface area contributed by atoms with Crippen LogP contribution in [0.1, 0.15) is 5.56 Å². The number of rotatable bonds is 5. The zero-order valence-electron chi connectivity index (χ0n) is 13.1. The van der Waals surface area contributed by atoms with Crippen molar-refractivity contribution in [3.05, 3.63) is 78.5 Å². The number of aromatic nitrogens is 1. The number of nitrogens with one attached hydrogen (secondary N) is 2. The van der Waals surface area contributed by atoms with Gasteiger partial charge >= 0.3 is 0 Å². The first-order chi connectivity index (χ1) is 11.5. The van der Waals surface area contributed by atoms with Gasteiger partial charge in [-0.15, -0.1) is 0 Å². The first-order valence-electron chi connectivity index (χ1n) is 7.40. The van der Waals surface area contributed by atoms with Gasteiger partial charge in [-0.25, -0.2) is 13.4 Å². The van der Waals surface area contributed by atoms with E-state index < -0.39 is 10.0 Å². The van der Waals surface area contributed by atoms with E-state index in [-0.39, 0.29) is 10.7 Å². The Labute approximate surface area is 141 Å². The second kappa shape index (κ2) is 6.72. The lowest BCUT2D eigenvalue weighted by atomic mass is 10.2. The van der Waals surface area contributed by atoms with Crippen molar-refractivity contribution < 1.29 is 8.42 Å². The first kappa shape index (κ1) is 16.0. The summed E-state index contributed by atoms with van der Waals surface area (Å²) in [4.78, 5) is 4.37. The minimum absolute atomic E-state index is 0.218. The summed E-state index contributed by atoms with van der Waals surface area (Å²) in [6, 6.07) is 19.8. The topological polar surface area (TPSA) is 71.1 Å². The van der Waals surface area contributed by atoms with Crippen LogP contribution in [0.5, 0.6) is 0 Å². The van der Waals surface area contributed by atoms with Crippen molar-refractivity contribution in [2.45, 2.75) is 11.8 Å². The molecule has 3 rings (SSSR count). The molecule has 0 spiro atoms. The van der Waals surface area contributed by atoms with E-state index in [0.29, 0.717) is 0 Å². The largest absolute Gasteiger partial charge is 0.354 e. The van der Waals surface area contributed by atoms with Crippen LogP contribution in [0.4, 0.5) is 17.2 Å². The highest BCUT2D eigenvalue weighted by molar-refractivity contribution is 7.92. The molecule has 0 radical (unpaired) electrons. The van der Waals surface area contributed by atoms with E-state index >= 15 is 0 Å². The number of pyridine rings is 1. The normalized spacial score (nSPS) is 11.0. The number of para-hydroxylation sites is 1. The molecule has 122 valence electrons. The summed E-state index contributed by atoms with van der Waals surface area (Å²) in [6.45, 7) is 1.85. The molecule has 0 unspecified atom stereocenters. The standard InChI is InChI=1S/C18H17N3O2S/c1-14-6-5-9-17(12-14)24(22,23)21-18-11-10-16(13-19-18)20-15-7-3-2-4-8-15/h2-13,20H,1H3,(H,19,21). The van der Waals surface area contributed by atoms with Gasteiger partial charge in [0.05, 0.1) is 16.8 Å². The van der Waals surface area contributed by atoms with Crippen LogP contribution in [0.25, 0.3) is 0 Å². The maximum atomic E-state index is 12.4. The van der Waals surface area contributed by atoms with Gasteiger partial charge in [0.15, 0.2) is 0 Å². The molecule has 2 N–H and O–H groups in total. The predicted molar refractivity (Wildman–Crippen MR) is 95.9 cm³/mol. The molecule has 1 heterocycles. The molecule has 6 heteroatoms. The Morgan fingerprint density at radius 1 is 0.875 bits per heavy atom. The monoisotopic (exact) mass is 339 g/mol. The number of anilines is 3. The molecule has 0 aliphatic rings. The Balaban J connectivity index is 1.74. The molecule has 0 atom stereocenters. The third-order valence-corrected chi connectivity index (χ3v) is 4.72. The molecule has 3 aromatic rings. The van der Waals surface area contributed by atoms with E-state index in [4.69, 9.17) is 0 Å². The van der Waals surface area contributed by atoms with Gasteiger partial charge in [-0.2, -0.15) is 0 Å². The van der Waals surface area contributed by atoms with Gasteiger partial charge in [-0.1, -0.05) is 30.3 Å². The van der Waals surface area contributed by atoms with Gasteiger partial charge < -0.3 is 5.32 Å². The third-order valence-electron chi connectivity index (χ3n) is 3.36. The van der Waals surface area contributed by atoms with E-state index in [2.05, 4.69) is 15.0 Å². The molecule has 5 nitrogen and oxygen atoms in total. The van der Waals surface area contributed by atoms with Gasteiger partial charge in [0.25, 0.3) is 10.0 Å². The van der Waals surface area contributed by atoms with E-state index in [1.165, 1.54) is 0 Å². The third kappa shape index (κ3) is 3.91. The molecule has 0 saturated carbocycles. The highest BCUT2D eigenvalue weighted by Gasteiger charge is 2.14. The summed E-state index contributed by atoms with van der Waals surface area (Å²) in [5.74, 6) is 0.273. The van der Waals surface area contributed by atoms with Gasteiger partial charge in [0, 0.05) is 5.69 Å². The molecular weight excluding hydrogens is 322 g/mol. The van der Waals surface area contributed by atoms with Crippen molar-refractivity contribution in [3.8, 4) is 0 Å². The summed E-state index contributed by atoms with van der Waals surface area (Å²) in [6.07, 6.45) is 1.58. The van der Waals surface area contributed by atoms with Crippen molar-refractivity contribution in [2.24, 2.45) is 0 Å². The fourth-order valence-corrected chi connectivity index (χ4v) is 3.31. The zero-order chi connectivity index (χ0) is 17.0. The first-order valence-corrected chi connectivity index (χ1v) is 8.89. The highest BCUT2D eigenvalue weighted by Crippen LogP contribution is 2.19. The molecule has 0 aliphatic heterocycles. The summed E-state index contributed by atoms with van der Waals surface area (Å²) in [7, 11) is -3.64. The van der Waals surface area contributed by atoms with Crippen molar-refractivity contribution in [1.29, 1.82) is 0 Å². The number of hydrogen-bond donors (Lipinski definition) is 2. The molecule has 24 heavy (non-hydrogen) atoms. The number of nitrogens with zero attached hydrogens (tertiary/aromatic N) is 1. The summed E-state index contributed by atoms with van der Waals surface area (Å²) in [5, 5.41) is 3.19. The van der Waals surface area contributed by atoms with Crippen LogP contribution >= 0.6 is 0 Å². The Kier molecular flexibility index (Phi) is 4.48. The van der Waals surface area contributed by atoms with E-state index in [1.54, 1.807) is 36.5 Å². The lowest BCUT2D eigenvalue weighted by Crippen LogP contribution is -2.14. The zero-order valence-corrected chi connectivity index (χ0v) is 13.9. The van der Waals surface area contributed by atoms with Gasteiger partial charge in [-0.3, -0.25) is 4.72 Å². The minimum Gasteiger partial charge on any atom is -0.354 e. The average Bonchev–Trinajstić information content (AvgIpc) is 2.57. The van der Waals surface area contributed by atoms with Crippen molar-refractivity contribution >= 4 is 27.2 Å². The van der Waals surface area contributed by atoms with Crippen molar-refractivity contribution in [2.75, 3.05) is 10.0 Å². The van der Waals surface area contributed by atoms with Crippen molar-refractivity contribution in [3.63, 3.8) is 0 Å². The fraction of sp³-hybridized carbons (Fsp3) is 0.0556. The van der Waals surface area contributed by atoms with E-state index in [9.17, 15) is 8.42 Å². The lowest BCUT2D eigenvalue weighted by Gasteiger charge is -2.09. The van der Waals surface area contributed by atoms with Crippen LogP contribution in [0.2, 0.25) is 0 Å². The molecule has 0 aliphatic carbocycles. The SMILES string of the molecule is Cc1cccc(S(=O)(=O)Nc2ccc(Nc3ccccc3)cn2)c1. The van der Waals surface area contributed by atoms with Crippen LogP contribution < -0.4 is 10.0 Å². The van der Waals surface area contributed by atoms with E-state index in [0.717, 1.165) is 16.9 Å². The second-order valence-corrected chi connectivity index (χ2v) is 7.03. The summed E-state index contributed by atoms with van der Waals surface area (Å²) < 4.78 is 27.2. The predicted octanol–water partition coefficient (Wildman–Crippen LogP) is 3.93. The number of benzene rings is 2. The van der Waals surface area contributed by atoms with Crippen LogP contribution in [0.15, 0.2) is 77.8 Å². The molecule has 0 fully saturated rings. The number of sulfonamides is 1. The average molecular weight is 339 g/mol. The van der Waals surface area contributed by atoms with E-state index in [1.807, 2.05) is 43.3 Å². The van der Waals surface area contributed by atoms with Crippen molar-refractivity contribution in [1.82, 2.24) is 4.98 Å². The quantitative estimate of drug-likeness (QED) is 0.739. The Morgan fingerprint density at radius 2 is 1.67 bits per heavy atom. The number of hydrogen-bond acceptors (Lipinski definition) is 4. The van der Waals surface area contributed by atoms with Gasteiger partial charge in [0.1, 0.15) is 5.82 Å². The molecule has 0 saturated heterocycles.